The lowest BCUT2D eigenvalue weighted by Gasteiger charge is -2.36. The number of hydrogen-bond acceptors (Lipinski definition) is 4. The lowest BCUT2D eigenvalue weighted by Crippen LogP contribution is -2.48. The molecule has 0 radical (unpaired) electrons. The van der Waals surface area contributed by atoms with Crippen LogP contribution in [0.25, 0.3) is 0 Å². The SMILES string of the molecule is Cc1cccc(N2CCN(S(=O)(=O)c3ccc(Cl)s3)CC2)c1C. The molecule has 2 heterocycles. The fraction of sp³-hybridized carbons (Fsp3) is 0.375. The molecule has 4 nitrogen and oxygen atoms in total. The Hall–Kier alpha value is -1.08. The van der Waals surface area contributed by atoms with E-state index in [1.54, 1.807) is 16.4 Å². The van der Waals surface area contributed by atoms with Crippen molar-refractivity contribution in [1.82, 2.24) is 4.31 Å². The molecule has 0 saturated carbocycles. The zero-order valence-corrected chi connectivity index (χ0v) is 15.5. The van der Waals surface area contributed by atoms with Crippen LogP contribution in [-0.2, 0) is 10.0 Å². The van der Waals surface area contributed by atoms with E-state index in [9.17, 15) is 8.42 Å². The summed E-state index contributed by atoms with van der Waals surface area (Å²) in [7, 11) is -3.42. The molecule has 3 rings (SSSR count). The molecular formula is C16H19ClN2O2S2. The molecule has 1 aromatic heterocycles. The van der Waals surface area contributed by atoms with Gasteiger partial charge in [0, 0.05) is 31.9 Å². The first-order chi connectivity index (χ1) is 10.9. The van der Waals surface area contributed by atoms with Gasteiger partial charge in [0.2, 0.25) is 0 Å². The zero-order chi connectivity index (χ0) is 16.6. The van der Waals surface area contributed by atoms with Crippen molar-refractivity contribution in [3.05, 3.63) is 45.8 Å². The number of piperazine rings is 1. The van der Waals surface area contributed by atoms with Gasteiger partial charge in [0.15, 0.2) is 0 Å². The first-order valence-corrected chi connectivity index (χ1v) is 10.1. The van der Waals surface area contributed by atoms with Gasteiger partial charge in [-0.05, 0) is 43.2 Å². The van der Waals surface area contributed by atoms with Gasteiger partial charge in [0.25, 0.3) is 10.0 Å². The van der Waals surface area contributed by atoms with E-state index >= 15 is 0 Å². The third-order valence-corrected chi connectivity index (χ3v) is 7.90. The molecule has 0 bridgehead atoms. The Bertz CT molecular complexity index is 809. The average Bonchev–Trinajstić information content (AvgIpc) is 2.98. The minimum Gasteiger partial charge on any atom is -0.369 e. The highest BCUT2D eigenvalue weighted by atomic mass is 35.5. The monoisotopic (exact) mass is 370 g/mol. The second kappa shape index (κ2) is 6.43. The van der Waals surface area contributed by atoms with Gasteiger partial charge in [-0.1, -0.05) is 23.7 Å². The van der Waals surface area contributed by atoms with Crippen molar-refractivity contribution in [2.45, 2.75) is 18.1 Å². The van der Waals surface area contributed by atoms with E-state index in [1.165, 1.54) is 16.8 Å². The van der Waals surface area contributed by atoms with E-state index in [0.717, 1.165) is 11.3 Å². The average molecular weight is 371 g/mol. The second-order valence-electron chi connectivity index (χ2n) is 5.67. The summed E-state index contributed by atoms with van der Waals surface area (Å²) in [6.07, 6.45) is 0. The fourth-order valence-corrected chi connectivity index (χ4v) is 5.87. The molecule has 1 saturated heterocycles. The Morgan fingerprint density at radius 1 is 1.04 bits per heavy atom. The topological polar surface area (TPSA) is 40.6 Å². The van der Waals surface area contributed by atoms with Gasteiger partial charge >= 0.3 is 0 Å². The number of anilines is 1. The number of sulfonamides is 1. The normalized spacial score (nSPS) is 16.7. The summed E-state index contributed by atoms with van der Waals surface area (Å²) in [4.78, 5) is 2.26. The van der Waals surface area contributed by atoms with Crippen molar-refractivity contribution in [3.63, 3.8) is 0 Å². The quantitative estimate of drug-likeness (QED) is 0.829. The van der Waals surface area contributed by atoms with E-state index in [-0.39, 0.29) is 0 Å². The smallest absolute Gasteiger partial charge is 0.252 e. The maximum Gasteiger partial charge on any atom is 0.252 e. The number of nitrogens with zero attached hydrogens (tertiary/aromatic N) is 2. The van der Waals surface area contributed by atoms with Crippen LogP contribution < -0.4 is 4.90 Å². The summed E-state index contributed by atoms with van der Waals surface area (Å²) in [6, 6.07) is 9.46. The van der Waals surface area contributed by atoms with Crippen molar-refractivity contribution in [3.8, 4) is 0 Å². The van der Waals surface area contributed by atoms with Crippen LogP contribution in [0.15, 0.2) is 34.5 Å². The van der Waals surface area contributed by atoms with Crippen LogP contribution in [-0.4, -0.2) is 38.9 Å². The summed E-state index contributed by atoms with van der Waals surface area (Å²) in [6.45, 7) is 6.59. The molecular weight excluding hydrogens is 352 g/mol. The van der Waals surface area contributed by atoms with E-state index in [4.69, 9.17) is 11.6 Å². The molecule has 1 fully saturated rings. The molecule has 1 aliphatic rings. The first-order valence-electron chi connectivity index (χ1n) is 7.46. The number of benzene rings is 1. The van der Waals surface area contributed by atoms with Crippen molar-refractivity contribution in [2.75, 3.05) is 31.1 Å². The van der Waals surface area contributed by atoms with Crippen LogP contribution in [0.1, 0.15) is 11.1 Å². The van der Waals surface area contributed by atoms with Crippen molar-refractivity contribution in [1.29, 1.82) is 0 Å². The first kappa shape index (κ1) is 16.8. The van der Waals surface area contributed by atoms with E-state index in [0.29, 0.717) is 34.7 Å². The number of halogens is 1. The van der Waals surface area contributed by atoms with Gasteiger partial charge in [-0.25, -0.2) is 8.42 Å². The van der Waals surface area contributed by atoms with Gasteiger partial charge in [-0.15, -0.1) is 11.3 Å². The highest BCUT2D eigenvalue weighted by Crippen LogP contribution is 2.30. The van der Waals surface area contributed by atoms with Crippen molar-refractivity contribution >= 4 is 38.6 Å². The molecule has 0 spiro atoms. The second-order valence-corrected chi connectivity index (χ2v) is 9.55. The molecule has 0 unspecified atom stereocenters. The number of rotatable bonds is 3. The van der Waals surface area contributed by atoms with Crippen molar-refractivity contribution < 1.29 is 8.42 Å². The van der Waals surface area contributed by atoms with E-state index < -0.39 is 10.0 Å². The van der Waals surface area contributed by atoms with Gasteiger partial charge in [-0.3, -0.25) is 0 Å². The highest BCUT2D eigenvalue weighted by molar-refractivity contribution is 7.91. The summed E-state index contributed by atoms with van der Waals surface area (Å²) in [5.74, 6) is 0. The van der Waals surface area contributed by atoms with Crippen molar-refractivity contribution in [2.24, 2.45) is 0 Å². The van der Waals surface area contributed by atoms with Gasteiger partial charge in [0.05, 0.1) is 4.34 Å². The van der Waals surface area contributed by atoms with Crippen LogP contribution in [0.4, 0.5) is 5.69 Å². The molecule has 0 atom stereocenters. The largest absolute Gasteiger partial charge is 0.369 e. The minimum atomic E-state index is -3.42. The number of thiophene rings is 1. The molecule has 23 heavy (non-hydrogen) atoms. The predicted molar refractivity (Wildman–Crippen MR) is 96.2 cm³/mol. The zero-order valence-electron chi connectivity index (χ0n) is 13.1. The molecule has 7 heteroatoms. The van der Waals surface area contributed by atoms with Crippen LogP contribution in [0, 0.1) is 13.8 Å². The van der Waals surface area contributed by atoms with Crippen LogP contribution in [0.3, 0.4) is 0 Å². The molecule has 0 amide bonds. The Balaban J connectivity index is 1.75. The Morgan fingerprint density at radius 2 is 1.74 bits per heavy atom. The fourth-order valence-electron chi connectivity index (χ4n) is 2.81. The molecule has 0 aliphatic carbocycles. The van der Waals surface area contributed by atoms with Crippen LogP contribution in [0.2, 0.25) is 4.34 Å². The lowest BCUT2D eigenvalue weighted by molar-refractivity contribution is 0.385. The lowest BCUT2D eigenvalue weighted by atomic mass is 10.1. The van der Waals surface area contributed by atoms with Gasteiger partial charge in [0.1, 0.15) is 4.21 Å². The molecule has 124 valence electrons. The van der Waals surface area contributed by atoms with Gasteiger partial charge < -0.3 is 4.90 Å². The molecule has 0 N–H and O–H groups in total. The van der Waals surface area contributed by atoms with E-state index in [1.807, 2.05) is 0 Å². The Labute approximate surface area is 146 Å². The third-order valence-electron chi connectivity index (χ3n) is 4.30. The third kappa shape index (κ3) is 3.26. The highest BCUT2D eigenvalue weighted by Gasteiger charge is 2.30. The molecule has 1 aromatic carbocycles. The minimum absolute atomic E-state index is 0.322. The predicted octanol–water partition coefficient (Wildman–Crippen LogP) is 3.53. The van der Waals surface area contributed by atoms with Gasteiger partial charge in [-0.2, -0.15) is 4.31 Å². The number of hydrogen-bond donors (Lipinski definition) is 0. The van der Waals surface area contributed by atoms with E-state index in [2.05, 4.69) is 36.9 Å². The Kier molecular flexibility index (Phi) is 4.69. The maximum absolute atomic E-state index is 12.6. The molecule has 1 aliphatic heterocycles. The summed E-state index contributed by atoms with van der Waals surface area (Å²) in [5, 5.41) is 0. The Morgan fingerprint density at radius 3 is 2.35 bits per heavy atom. The van der Waals surface area contributed by atoms with Crippen LogP contribution >= 0.6 is 22.9 Å². The summed E-state index contributed by atoms with van der Waals surface area (Å²) < 4.78 is 27.6. The standard InChI is InChI=1S/C16H19ClN2O2S2/c1-12-4-3-5-14(13(12)2)18-8-10-19(11-9-18)23(20,21)16-7-6-15(17)22-16/h3-7H,8-11H2,1-2H3. The summed E-state index contributed by atoms with van der Waals surface area (Å²) in [5.41, 5.74) is 3.71. The summed E-state index contributed by atoms with van der Waals surface area (Å²) >= 11 is 6.98. The maximum atomic E-state index is 12.6. The molecule has 2 aromatic rings. The number of aryl methyl sites for hydroxylation is 1. The van der Waals surface area contributed by atoms with Crippen LogP contribution in [0.5, 0.6) is 0 Å².